The highest BCUT2D eigenvalue weighted by Gasteiger charge is 2.56. The van der Waals surface area contributed by atoms with E-state index in [1.165, 1.54) is 18.7 Å². The van der Waals surface area contributed by atoms with Crippen LogP contribution in [0.15, 0.2) is 18.2 Å². The number of anilines is 1. The average Bonchev–Trinajstić information content (AvgIpc) is 3.07. The number of sulfonamides is 1. The second kappa shape index (κ2) is 14.6. The fourth-order valence-corrected chi connectivity index (χ4v) is 5.94. The van der Waals surface area contributed by atoms with E-state index in [1.54, 1.807) is 0 Å². The number of imide groups is 1. The summed E-state index contributed by atoms with van der Waals surface area (Å²) in [7, 11) is -3.83. The van der Waals surface area contributed by atoms with Gasteiger partial charge in [0.05, 0.1) is 22.6 Å². The maximum Gasteiger partial charge on any atom is 0.453 e. The number of hydrogen-bond acceptors (Lipinski definition) is 5. The van der Waals surface area contributed by atoms with Gasteiger partial charge in [0.2, 0.25) is 15.9 Å². The molecule has 18 heteroatoms. The van der Waals surface area contributed by atoms with E-state index in [4.69, 9.17) is 5.73 Å². The Balaban J connectivity index is 1.76. The van der Waals surface area contributed by atoms with Gasteiger partial charge in [0.15, 0.2) is 0 Å². The first kappa shape index (κ1) is 38.2. The molecule has 1 aromatic rings. The van der Waals surface area contributed by atoms with Crippen LogP contribution in [-0.4, -0.2) is 67.6 Å². The van der Waals surface area contributed by atoms with Gasteiger partial charge in [0.25, 0.3) is 5.91 Å². The van der Waals surface area contributed by atoms with E-state index in [2.05, 4.69) is 0 Å². The molecule has 0 atom stereocenters. The zero-order valence-corrected chi connectivity index (χ0v) is 25.5. The van der Waals surface area contributed by atoms with Crippen LogP contribution < -0.4 is 15.4 Å². The Morgan fingerprint density at radius 3 is 1.98 bits per heavy atom. The molecule has 0 unspecified atom stereocenters. The molecule has 1 aliphatic heterocycles. The molecule has 1 fully saturated rings. The summed E-state index contributed by atoms with van der Waals surface area (Å²) in [5.74, 6) is -7.25. The Morgan fingerprint density at radius 2 is 1.44 bits per heavy atom. The number of urea groups is 1. The van der Waals surface area contributed by atoms with Crippen LogP contribution in [0.5, 0.6) is 0 Å². The summed E-state index contributed by atoms with van der Waals surface area (Å²) in [6, 6.07) is 1.59. The van der Waals surface area contributed by atoms with E-state index >= 15 is 0 Å². The molecule has 1 heterocycles. The lowest BCUT2D eigenvalue weighted by Gasteiger charge is -2.27. The number of halogens is 8. The Hall–Kier alpha value is -3.02. The first-order chi connectivity index (χ1) is 20.5. The number of carbonyl (C=O) groups is 3. The maximum absolute atomic E-state index is 13.5. The molecule has 256 valence electrons. The van der Waals surface area contributed by atoms with Crippen LogP contribution in [0.25, 0.3) is 0 Å². The molecule has 1 aliphatic rings. The lowest BCUT2D eigenvalue weighted by Crippen LogP contribution is -2.44. The van der Waals surface area contributed by atoms with Gasteiger partial charge in [-0.05, 0) is 51.3 Å². The van der Waals surface area contributed by atoms with Crippen LogP contribution in [0.1, 0.15) is 87.6 Å². The molecular formula is C27H36F8N4O5S. The number of nitrogens with one attached hydrogen (secondary N) is 1. The van der Waals surface area contributed by atoms with Crippen molar-refractivity contribution in [2.75, 3.05) is 23.7 Å². The number of unbranched alkanes of at least 4 members (excludes halogenated alkanes) is 6. The van der Waals surface area contributed by atoms with Crippen LogP contribution in [0.2, 0.25) is 0 Å². The number of hydrogen-bond donors (Lipinski definition) is 2. The molecular weight excluding hydrogens is 644 g/mol. The predicted octanol–water partition coefficient (Wildman–Crippen LogP) is 5.98. The number of primary amides is 1. The van der Waals surface area contributed by atoms with Gasteiger partial charge in [-0.25, -0.2) is 22.8 Å². The Morgan fingerprint density at radius 1 is 0.889 bits per heavy atom. The van der Waals surface area contributed by atoms with Gasteiger partial charge in [-0.1, -0.05) is 32.1 Å². The standard InChI is InChI=1S/C27H36F8N4O5S/c1-24(2)22(41)39(18-11-12-19(21(36)40)20(17-18)26(30,31)32)23(42)38(24)15-8-6-4-3-5-7-9-16-45(43,44)37-14-10-13-25(28,29)27(33,34)35/h11-12,17,37H,3-10,13-16H2,1-2H3,(H2,36,40). The minimum Gasteiger partial charge on any atom is -0.366 e. The van der Waals surface area contributed by atoms with Crippen LogP contribution in [-0.2, 0) is 21.0 Å². The van der Waals surface area contributed by atoms with Crippen molar-refractivity contribution < 1.29 is 57.9 Å². The third-order valence-electron chi connectivity index (χ3n) is 7.35. The second-order valence-electron chi connectivity index (χ2n) is 11.2. The van der Waals surface area contributed by atoms with E-state index in [1.807, 2.05) is 4.72 Å². The van der Waals surface area contributed by atoms with Gasteiger partial charge < -0.3 is 10.6 Å². The fraction of sp³-hybridized carbons (Fsp3) is 0.667. The van der Waals surface area contributed by atoms with E-state index in [-0.39, 0.29) is 24.4 Å². The summed E-state index contributed by atoms with van der Waals surface area (Å²) < 4.78 is 129. The lowest BCUT2D eigenvalue weighted by atomic mass is 10.0. The van der Waals surface area contributed by atoms with Gasteiger partial charge in [-0.15, -0.1) is 0 Å². The van der Waals surface area contributed by atoms with Crippen molar-refractivity contribution >= 4 is 33.6 Å². The molecule has 1 aromatic carbocycles. The number of nitrogens with two attached hydrogens (primary N) is 1. The van der Waals surface area contributed by atoms with Crippen molar-refractivity contribution in [1.29, 1.82) is 0 Å². The normalized spacial score (nSPS) is 16.1. The van der Waals surface area contributed by atoms with E-state index in [9.17, 15) is 57.9 Å². The predicted molar refractivity (Wildman–Crippen MR) is 148 cm³/mol. The van der Waals surface area contributed by atoms with Crippen LogP contribution in [0, 0.1) is 0 Å². The molecule has 45 heavy (non-hydrogen) atoms. The molecule has 3 N–H and O–H groups in total. The highest BCUT2D eigenvalue weighted by molar-refractivity contribution is 7.89. The lowest BCUT2D eigenvalue weighted by molar-refractivity contribution is -0.284. The minimum atomic E-state index is -5.69. The molecule has 1 saturated heterocycles. The van der Waals surface area contributed by atoms with Gasteiger partial charge >= 0.3 is 24.3 Å². The summed E-state index contributed by atoms with van der Waals surface area (Å²) in [5, 5.41) is 0. The molecule has 0 radical (unpaired) electrons. The first-order valence-electron chi connectivity index (χ1n) is 14.1. The Kier molecular flexibility index (Phi) is 12.4. The van der Waals surface area contributed by atoms with Gasteiger partial charge in [0, 0.05) is 19.5 Å². The topological polar surface area (TPSA) is 130 Å². The summed E-state index contributed by atoms with van der Waals surface area (Å²) in [6.45, 7) is 2.54. The zero-order chi connectivity index (χ0) is 34.4. The molecule has 0 spiro atoms. The van der Waals surface area contributed by atoms with Gasteiger partial charge in [-0.2, -0.15) is 35.1 Å². The molecule has 0 saturated carbocycles. The highest BCUT2D eigenvalue weighted by atomic mass is 32.2. The first-order valence-corrected chi connectivity index (χ1v) is 15.8. The van der Waals surface area contributed by atoms with Crippen LogP contribution in [0.3, 0.4) is 0 Å². The number of benzene rings is 1. The highest BCUT2D eigenvalue weighted by Crippen LogP contribution is 2.39. The molecule has 2 rings (SSSR count). The number of nitrogens with zero attached hydrogens (tertiary/aromatic N) is 2. The third-order valence-corrected chi connectivity index (χ3v) is 8.82. The Labute approximate surface area is 255 Å². The van der Waals surface area contributed by atoms with Crippen LogP contribution >= 0.6 is 0 Å². The smallest absolute Gasteiger partial charge is 0.366 e. The monoisotopic (exact) mass is 680 g/mol. The zero-order valence-electron chi connectivity index (χ0n) is 24.7. The second-order valence-corrected chi connectivity index (χ2v) is 13.1. The quantitative estimate of drug-likeness (QED) is 0.119. The summed E-state index contributed by atoms with van der Waals surface area (Å²) in [5.41, 5.74) is 1.17. The third kappa shape index (κ3) is 9.98. The fourth-order valence-electron chi connectivity index (χ4n) is 4.76. The van der Waals surface area contributed by atoms with Crippen LogP contribution in [0.4, 0.5) is 45.6 Å². The van der Waals surface area contributed by atoms with Crippen molar-refractivity contribution in [3.05, 3.63) is 29.3 Å². The summed E-state index contributed by atoms with van der Waals surface area (Å²) in [4.78, 5) is 39.5. The molecule has 4 amide bonds. The van der Waals surface area contributed by atoms with Crippen molar-refractivity contribution in [3.63, 3.8) is 0 Å². The van der Waals surface area contributed by atoms with E-state index in [0.717, 1.165) is 12.1 Å². The number of alkyl halides is 8. The maximum atomic E-state index is 13.5. The number of rotatable bonds is 17. The average molecular weight is 681 g/mol. The van der Waals surface area contributed by atoms with Crippen molar-refractivity contribution in [1.82, 2.24) is 9.62 Å². The number of amides is 4. The molecule has 0 aliphatic carbocycles. The minimum absolute atomic E-state index is 0.137. The van der Waals surface area contributed by atoms with Gasteiger partial charge in [0.1, 0.15) is 5.54 Å². The molecule has 0 bridgehead atoms. The Bertz CT molecular complexity index is 1330. The van der Waals surface area contributed by atoms with Crippen molar-refractivity contribution in [3.8, 4) is 0 Å². The largest absolute Gasteiger partial charge is 0.453 e. The van der Waals surface area contributed by atoms with E-state index < -0.39 is 82.2 Å². The summed E-state index contributed by atoms with van der Waals surface area (Å²) in [6.07, 6.45) is -8.94. The van der Waals surface area contributed by atoms with E-state index in [0.29, 0.717) is 49.5 Å². The summed E-state index contributed by atoms with van der Waals surface area (Å²) >= 11 is 0. The SMILES string of the molecule is CC1(C)C(=O)N(c2ccc(C(N)=O)c(C(F)(F)F)c2)C(=O)N1CCCCCCCCCS(=O)(=O)NCCCC(F)(F)C(F)(F)F. The van der Waals surface area contributed by atoms with Crippen molar-refractivity contribution in [2.45, 2.75) is 95.4 Å². The number of carbonyl (C=O) groups excluding carboxylic acids is 3. The molecule has 9 nitrogen and oxygen atoms in total. The van der Waals surface area contributed by atoms with Crippen molar-refractivity contribution in [2.24, 2.45) is 5.73 Å². The van der Waals surface area contributed by atoms with Gasteiger partial charge in [-0.3, -0.25) is 9.59 Å². The molecule has 0 aromatic heterocycles.